The van der Waals surface area contributed by atoms with Gasteiger partial charge in [-0.15, -0.1) is 0 Å². The molecule has 0 radical (unpaired) electrons. The van der Waals surface area contributed by atoms with E-state index in [0.29, 0.717) is 0 Å². The molecule has 21 heavy (non-hydrogen) atoms. The molecule has 0 aromatic carbocycles. The van der Waals surface area contributed by atoms with Crippen molar-refractivity contribution in [1.29, 1.82) is 0 Å². The summed E-state index contributed by atoms with van der Waals surface area (Å²) in [6, 6.07) is 0. The van der Waals surface area contributed by atoms with Crippen molar-refractivity contribution >= 4 is 57.9 Å². The Morgan fingerprint density at radius 1 is 0.762 bits per heavy atom. The first-order valence-electron chi connectivity index (χ1n) is 8.60. The number of ether oxygens (including phenoxy) is 1. The van der Waals surface area contributed by atoms with E-state index >= 15 is 0 Å². The Hall–Kier alpha value is 1.24. The molecule has 0 aliphatic rings. The molecule has 0 rings (SSSR count). The molecule has 0 aromatic rings. The van der Waals surface area contributed by atoms with Gasteiger partial charge in [-0.2, -0.15) is 0 Å². The van der Waals surface area contributed by atoms with Crippen molar-refractivity contribution in [3.8, 4) is 0 Å². The number of hydrogen-bond donors (Lipinski definition) is 0. The summed E-state index contributed by atoms with van der Waals surface area (Å²) in [7, 11) is 0. The van der Waals surface area contributed by atoms with Crippen LogP contribution in [0.15, 0.2) is 0 Å². The Bertz CT molecular complexity index is 193. The zero-order valence-electron chi connectivity index (χ0n) is 13.6. The molecule has 122 valence electrons. The van der Waals surface area contributed by atoms with Gasteiger partial charge in [-0.3, -0.25) is 0 Å². The number of thioether (sulfide) groups is 1. The van der Waals surface area contributed by atoms with E-state index in [2.05, 4.69) is 13.8 Å². The molecular weight excluding hydrogens is 307 g/mol. The third-order valence-electron chi connectivity index (χ3n) is 3.44. The molecule has 0 aromatic heterocycles. The average Bonchev–Trinajstić information content (AvgIpc) is 2.45. The Balaban J connectivity index is 0. The Labute approximate surface area is 165 Å². The normalized spacial score (nSPS) is 10.2. The van der Waals surface area contributed by atoms with Gasteiger partial charge in [-0.05, 0) is 25.1 Å². The predicted molar refractivity (Wildman–Crippen MR) is 105 cm³/mol. The number of hydrogen-bond acceptors (Lipinski definition) is 3. The summed E-state index contributed by atoms with van der Waals surface area (Å²) in [6.45, 7) is 5.33. The second-order valence-electron chi connectivity index (χ2n) is 5.48. The van der Waals surface area contributed by atoms with E-state index in [1.54, 1.807) is 11.8 Å². The SMILES string of the molecule is CCCCCCCCOC(=S)SCCCCCCCC.[NaH]. The first-order chi connectivity index (χ1) is 9.81. The van der Waals surface area contributed by atoms with Crippen LogP contribution in [0.25, 0.3) is 0 Å². The van der Waals surface area contributed by atoms with Gasteiger partial charge in [0.05, 0.1) is 6.61 Å². The van der Waals surface area contributed by atoms with Gasteiger partial charge < -0.3 is 4.74 Å². The van der Waals surface area contributed by atoms with Crippen LogP contribution < -0.4 is 0 Å². The molecule has 0 amide bonds. The minimum atomic E-state index is 0. The molecule has 0 saturated carbocycles. The molecule has 0 N–H and O–H groups in total. The molecule has 0 atom stereocenters. The van der Waals surface area contributed by atoms with Gasteiger partial charge in [0, 0.05) is 5.75 Å². The van der Waals surface area contributed by atoms with E-state index in [4.69, 9.17) is 17.0 Å². The Morgan fingerprint density at radius 3 is 1.81 bits per heavy atom. The van der Waals surface area contributed by atoms with E-state index in [0.717, 1.165) is 23.2 Å². The standard InChI is InChI=1S/C17H34OS2.Na.H/c1-3-5-7-9-11-13-15-18-17(19)20-16-14-12-10-8-6-4-2;;/h3-16H2,1-2H3;;. The van der Waals surface area contributed by atoms with E-state index in [1.165, 1.54) is 70.6 Å². The second-order valence-corrected chi connectivity index (χ2v) is 7.18. The number of rotatable bonds is 14. The van der Waals surface area contributed by atoms with Crippen LogP contribution >= 0.6 is 24.0 Å². The van der Waals surface area contributed by atoms with Gasteiger partial charge in [0.1, 0.15) is 0 Å². The van der Waals surface area contributed by atoms with Crippen molar-refractivity contribution in [3.63, 3.8) is 0 Å². The van der Waals surface area contributed by atoms with Crippen molar-refractivity contribution in [1.82, 2.24) is 0 Å². The molecule has 0 bridgehead atoms. The summed E-state index contributed by atoms with van der Waals surface area (Å²) in [6.07, 6.45) is 15.9. The van der Waals surface area contributed by atoms with E-state index < -0.39 is 0 Å². The third-order valence-corrected chi connectivity index (χ3v) is 4.75. The van der Waals surface area contributed by atoms with Crippen molar-refractivity contribution in [2.75, 3.05) is 12.4 Å². The van der Waals surface area contributed by atoms with Crippen molar-refractivity contribution in [2.45, 2.75) is 90.9 Å². The second kappa shape index (κ2) is 21.2. The third kappa shape index (κ3) is 21.2. The van der Waals surface area contributed by atoms with Crippen LogP contribution in [0.1, 0.15) is 90.9 Å². The Kier molecular flexibility index (Phi) is 24.8. The zero-order valence-corrected chi connectivity index (χ0v) is 15.3. The van der Waals surface area contributed by atoms with Gasteiger partial charge in [0.25, 0.3) is 0 Å². The number of unbranched alkanes of at least 4 members (excludes halogenated alkanes) is 10. The zero-order chi connectivity index (χ0) is 14.9. The molecule has 0 saturated heterocycles. The molecule has 4 heteroatoms. The van der Waals surface area contributed by atoms with E-state index in [1.807, 2.05) is 0 Å². The maximum atomic E-state index is 5.59. The van der Waals surface area contributed by atoms with Gasteiger partial charge in [-0.25, -0.2) is 0 Å². The fourth-order valence-electron chi connectivity index (χ4n) is 2.12. The van der Waals surface area contributed by atoms with E-state index in [9.17, 15) is 0 Å². The van der Waals surface area contributed by atoms with Gasteiger partial charge >= 0.3 is 29.6 Å². The Morgan fingerprint density at radius 2 is 1.24 bits per heavy atom. The summed E-state index contributed by atoms with van der Waals surface area (Å²) in [5.41, 5.74) is 0. The first kappa shape index (κ1) is 24.5. The predicted octanol–water partition coefficient (Wildman–Crippen LogP) is 6.09. The quantitative estimate of drug-likeness (QED) is 0.215. The van der Waals surface area contributed by atoms with Crippen molar-refractivity contribution in [3.05, 3.63) is 0 Å². The van der Waals surface area contributed by atoms with Crippen LogP contribution in [-0.4, -0.2) is 46.3 Å². The average molecular weight is 343 g/mol. The fourth-order valence-corrected chi connectivity index (χ4v) is 3.13. The topological polar surface area (TPSA) is 9.23 Å². The van der Waals surface area contributed by atoms with Crippen LogP contribution in [0.4, 0.5) is 0 Å². The van der Waals surface area contributed by atoms with E-state index in [-0.39, 0.29) is 29.6 Å². The molecule has 1 nitrogen and oxygen atoms in total. The fraction of sp³-hybridized carbons (Fsp3) is 0.941. The molecule has 0 aliphatic carbocycles. The van der Waals surface area contributed by atoms with Crippen LogP contribution in [0, 0.1) is 0 Å². The summed E-state index contributed by atoms with van der Waals surface area (Å²) in [5, 5.41) is 0. The molecular formula is C17H35NaOS2. The molecule has 0 heterocycles. The first-order valence-corrected chi connectivity index (χ1v) is 10.00. The van der Waals surface area contributed by atoms with Gasteiger partial charge in [0.15, 0.2) is 0 Å². The summed E-state index contributed by atoms with van der Waals surface area (Å²) < 4.78 is 6.34. The molecule has 0 fully saturated rings. The molecule has 0 spiro atoms. The molecule has 0 aliphatic heterocycles. The number of thiocarbonyl (C=S) groups is 1. The summed E-state index contributed by atoms with van der Waals surface area (Å²) in [5.74, 6) is 1.13. The van der Waals surface area contributed by atoms with Gasteiger partial charge in [0.2, 0.25) is 4.38 Å². The maximum absolute atomic E-state index is 5.59. The van der Waals surface area contributed by atoms with Crippen molar-refractivity contribution in [2.24, 2.45) is 0 Å². The minimum absolute atomic E-state index is 0. The van der Waals surface area contributed by atoms with Crippen LogP contribution in [-0.2, 0) is 4.74 Å². The summed E-state index contributed by atoms with van der Waals surface area (Å²) in [4.78, 5) is 0. The van der Waals surface area contributed by atoms with Crippen LogP contribution in [0.5, 0.6) is 0 Å². The van der Waals surface area contributed by atoms with Crippen molar-refractivity contribution < 1.29 is 4.74 Å². The summed E-state index contributed by atoms with van der Waals surface area (Å²) >= 11 is 6.96. The van der Waals surface area contributed by atoms with Crippen LogP contribution in [0.2, 0.25) is 0 Å². The molecule has 0 unspecified atom stereocenters. The van der Waals surface area contributed by atoms with Gasteiger partial charge in [-0.1, -0.05) is 89.8 Å². The van der Waals surface area contributed by atoms with Crippen LogP contribution in [0.3, 0.4) is 0 Å². The monoisotopic (exact) mass is 342 g/mol.